The van der Waals surface area contributed by atoms with Gasteiger partial charge in [-0.25, -0.2) is 12.8 Å². The average molecular weight is 300 g/mol. The quantitative estimate of drug-likeness (QED) is 0.656. The van der Waals surface area contributed by atoms with Crippen molar-refractivity contribution in [2.45, 2.75) is 11.8 Å². The van der Waals surface area contributed by atoms with E-state index in [-0.39, 0.29) is 5.82 Å². The zero-order valence-electron chi connectivity index (χ0n) is 10.1. The zero-order valence-corrected chi connectivity index (χ0v) is 10.9. The van der Waals surface area contributed by atoms with Crippen LogP contribution in [0.5, 0.6) is 0 Å². The van der Waals surface area contributed by atoms with Crippen molar-refractivity contribution in [2.75, 3.05) is 4.72 Å². The Morgan fingerprint density at radius 2 is 2.15 bits per heavy atom. The van der Waals surface area contributed by atoms with Gasteiger partial charge < -0.3 is 0 Å². The van der Waals surface area contributed by atoms with Crippen molar-refractivity contribution in [2.24, 2.45) is 0 Å². The number of aromatic nitrogens is 2. The van der Waals surface area contributed by atoms with Gasteiger partial charge in [-0.3, -0.25) is 19.9 Å². The molecular formula is C10H9FN4O4S. The van der Waals surface area contributed by atoms with Crippen LogP contribution >= 0.6 is 0 Å². The van der Waals surface area contributed by atoms with E-state index in [9.17, 15) is 22.9 Å². The molecule has 1 aromatic carbocycles. The van der Waals surface area contributed by atoms with E-state index in [0.717, 1.165) is 12.1 Å². The Labute approximate surface area is 112 Å². The van der Waals surface area contributed by atoms with E-state index in [4.69, 9.17) is 0 Å². The molecular weight excluding hydrogens is 291 g/mol. The standard InChI is InChI=1S/C10H9FN4O4S/c1-6-5-12-13-10(6)14-20(18,19)9-4-7(15(16)17)2-3-8(9)11/h2-5H,1H3,(H2,12,13,14). The number of hydrogen-bond donors (Lipinski definition) is 2. The molecule has 0 saturated heterocycles. The van der Waals surface area contributed by atoms with Crippen LogP contribution in [0.4, 0.5) is 15.9 Å². The van der Waals surface area contributed by atoms with Gasteiger partial charge in [-0.2, -0.15) is 5.10 Å². The number of nitrogens with zero attached hydrogens (tertiary/aromatic N) is 2. The van der Waals surface area contributed by atoms with E-state index in [2.05, 4.69) is 14.9 Å². The summed E-state index contributed by atoms with van der Waals surface area (Å²) in [6.45, 7) is 1.59. The van der Waals surface area contributed by atoms with Crippen molar-refractivity contribution >= 4 is 21.5 Å². The van der Waals surface area contributed by atoms with E-state index < -0.39 is 31.3 Å². The van der Waals surface area contributed by atoms with Crippen LogP contribution in [-0.4, -0.2) is 23.5 Å². The van der Waals surface area contributed by atoms with Crippen molar-refractivity contribution in [3.63, 3.8) is 0 Å². The summed E-state index contributed by atoms with van der Waals surface area (Å²) in [7, 11) is -4.29. The summed E-state index contributed by atoms with van der Waals surface area (Å²) >= 11 is 0. The molecule has 2 aromatic rings. The predicted octanol–water partition coefficient (Wildman–Crippen LogP) is 1.57. The Hall–Kier alpha value is -2.49. The molecule has 20 heavy (non-hydrogen) atoms. The van der Waals surface area contributed by atoms with Crippen LogP contribution < -0.4 is 4.72 Å². The maximum Gasteiger partial charge on any atom is 0.271 e. The first-order valence-electron chi connectivity index (χ1n) is 5.28. The lowest BCUT2D eigenvalue weighted by molar-refractivity contribution is -0.385. The molecule has 0 aliphatic carbocycles. The van der Waals surface area contributed by atoms with Gasteiger partial charge in [0.15, 0.2) is 0 Å². The molecule has 0 aliphatic rings. The van der Waals surface area contributed by atoms with Gasteiger partial charge in [-0.15, -0.1) is 0 Å². The highest BCUT2D eigenvalue weighted by Gasteiger charge is 2.23. The van der Waals surface area contributed by atoms with Gasteiger partial charge in [0.1, 0.15) is 16.5 Å². The molecule has 0 atom stereocenters. The largest absolute Gasteiger partial charge is 0.271 e. The normalized spacial score (nSPS) is 11.3. The average Bonchev–Trinajstić information content (AvgIpc) is 2.74. The third kappa shape index (κ3) is 2.59. The van der Waals surface area contributed by atoms with Gasteiger partial charge in [-0.05, 0) is 13.0 Å². The number of benzene rings is 1. The molecule has 106 valence electrons. The summed E-state index contributed by atoms with van der Waals surface area (Å²) < 4.78 is 39.7. The first kappa shape index (κ1) is 13.9. The van der Waals surface area contributed by atoms with E-state index in [1.165, 1.54) is 6.20 Å². The third-order valence-corrected chi connectivity index (χ3v) is 3.85. The monoisotopic (exact) mass is 300 g/mol. The number of aryl methyl sites for hydroxylation is 1. The Balaban J connectivity index is 2.46. The van der Waals surface area contributed by atoms with Gasteiger partial charge >= 0.3 is 0 Å². The number of H-pyrrole nitrogens is 1. The Kier molecular flexibility index (Phi) is 3.40. The van der Waals surface area contributed by atoms with Gasteiger partial charge in [0.2, 0.25) is 0 Å². The highest BCUT2D eigenvalue weighted by molar-refractivity contribution is 7.92. The lowest BCUT2D eigenvalue weighted by Crippen LogP contribution is -2.15. The van der Waals surface area contributed by atoms with Gasteiger partial charge in [0, 0.05) is 17.7 Å². The maximum atomic E-state index is 13.6. The van der Waals surface area contributed by atoms with Crippen LogP contribution in [0.2, 0.25) is 0 Å². The Morgan fingerprint density at radius 1 is 1.45 bits per heavy atom. The van der Waals surface area contributed by atoms with Crippen LogP contribution in [0, 0.1) is 22.9 Å². The summed E-state index contributed by atoms with van der Waals surface area (Å²) in [5, 5.41) is 16.6. The van der Waals surface area contributed by atoms with Crippen molar-refractivity contribution < 1.29 is 17.7 Å². The number of hydrogen-bond acceptors (Lipinski definition) is 5. The molecule has 0 unspecified atom stereocenters. The number of aromatic amines is 1. The second kappa shape index (κ2) is 4.89. The number of anilines is 1. The summed E-state index contributed by atoms with van der Waals surface area (Å²) in [5.41, 5.74) is -0.0208. The number of nitrogens with one attached hydrogen (secondary N) is 2. The van der Waals surface area contributed by atoms with E-state index in [0.29, 0.717) is 11.6 Å². The van der Waals surface area contributed by atoms with Gasteiger partial charge in [0.05, 0.1) is 11.1 Å². The molecule has 0 saturated carbocycles. The van der Waals surface area contributed by atoms with E-state index >= 15 is 0 Å². The minimum atomic E-state index is -4.29. The van der Waals surface area contributed by atoms with Crippen LogP contribution in [0.1, 0.15) is 5.56 Å². The summed E-state index contributed by atoms with van der Waals surface area (Å²) in [5.74, 6) is -1.02. The third-order valence-electron chi connectivity index (χ3n) is 2.48. The maximum absolute atomic E-state index is 13.6. The van der Waals surface area contributed by atoms with Crippen LogP contribution in [0.25, 0.3) is 0 Å². The predicted molar refractivity (Wildman–Crippen MR) is 67.2 cm³/mol. The van der Waals surface area contributed by atoms with Gasteiger partial charge in [0.25, 0.3) is 15.7 Å². The molecule has 2 N–H and O–H groups in total. The number of sulfonamides is 1. The highest BCUT2D eigenvalue weighted by atomic mass is 32.2. The molecule has 0 fully saturated rings. The number of rotatable bonds is 4. The minimum absolute atomic E-state index is 0.0657. The Bertz CT molecular complexity index is 771. The summed E-state index contributed by atoms with van der Waals surface area (Å²) in [6, 6.07) is 2.27. The zero-order chi connectivity index (χ0) is 14.9. The highest BCUT2D eigenvalue weighted by Crippen LogP contribution is 2.23. The summed E-state index contributed by atoms with van der Waals surface area (Å²) in [6.07, 6.45) is 1.38. The lowest BCUT2D eigenvalue weighted by atomic mass is 10.3. The fourth-order valence-electron chi connectivity index (χ4n) is 1.45. The topological polar surface area (TPSA) is 118 Å². The van der Waals surface area contributed by atoms with E-state index in [1.807, 2.05) is 0 Å². The molecule has 0 aliphatic heterocycles. The fraction of sp³-hybridized carbons (Fsp3) is 0.100. The SMILES string of the molecule is Cc1cn[nH]c1NS(=O)(=O)c1cc([N+](=O)[O-])ccc1F. The number of halogens is 1. The van der Waals surface area contributed by atoms with Crippen molar-refractivity contribution in [3.05, 3.63) is 45.9 Å². The molecule has 1 aromatic heterocycles. The van der Waals surface area contributed by atoms with Crippen LogP contribution in [-0.2, 0) is 10.0 Å². The van der Waals surface area contributed by atoms with E-state index in [1.54, 1.807) is 6.92 Å². The number of non-ortho nitro benzene ring substituents is 1. The smallest absolute Gasteiger partial charge is 0.263 e. The first-order valence-corrected chi connectivity index (χ1v) is 6.76. The van der Waals surface area contributed by atoms with Gasteiger partial charge in [-0.1, -0.05) is 0 Å². The summed E-state index contributed by atoms with van der Waals surface area (Å²) in [4.78, 5) is 9.00. The number of nitro groups is 1. The lowest BCUT2D eigenvalue weighted by Gasteiger charge is -2.07. The molecule has 10 heteroatoms. The number of nitro benzene ring substituents is 1. The molecule has 0 amide bonds. The minimum Gasteiger partial charge on any atom is -0.263 e. The molecule has 1 heterocycles. The molecule has 0 spiro atoms. The molecule has 0 bridgehead atoms. The van der Waals surface area contributed by atoms with Crippen LogP contribution in [0.3, 0.4) is 0 Å². The second-order valence-corrected chi connectivity index (χ2v) is 5.56. The van der Waals surface area contributed by atoms with Crippen LogP contribution in [0.15, 0.2) is 29.3 Å². The van der Waals surface area contributed by atoms with Crippen molar-refractivity contribution in [1.82, 2.24) is 10.2 Å². The van der Waals surface area contributed by atoms with Crippen molar-refractivity contribution in [1.29, 1.82) is 0 Å². The fourth-order valence-corrected chi connectivity index (χ4v) is 2.64. The van der Waals surface area contributed by atoms with Crippen molar-refractivity contribution in [3.8, 4) is 0 Å². The first-order chi connectivity index (χ1) is 9.31. The second-order valence-electron chi connectivity index (χ2n) is 3.91. The molecule has 2 rings (SSSR count). The molecule has 0 radical (unpaired) electrons. The molecule has 8 nitrogen and oxygen atoms in total. The Morgan fingerprint density at radius 3 is 2.70 bits per heavy atom.